The highest BCUT2D eigenvalue weighted by Gasteiger charge is 2.59. The highest BCUT2D eigenvalue weighted by atomic mass is 16.8. The third-order valence-corrected chi connectivity index (χ3v) is 18.5. The van der Waals surface area contributed by atoms with E-state index in [4.69, 9.17) is 87.0 Å². The number of carbonyl (C=O) groups is 1. The van der Waals surface area contributed by atoms with Gasteiger partial charge >= 0.3 is 0 Å². The van der Waals surface area contributed by atoms with Crippen molar-refractivity contribution in [1.29, 1.82) is 0 Å². The van der Waals surface area contributed by atoms with Gasteiger partial charge in [-0.05, 0) is 0 Å². The van der Waals surface area contributed by atoms with E-state index in [1.807, 2.05) is 0 Å². The van der Waals surface area contributed by atoms with Crippen LogP contribution in [0.4, 0.5) is 0 Å². The lowest BCUT2D eigenvalue weighted by molar-refractivity contribution is -0.396. The molecule has 0 saturated carbocycles. The molecule has 578 valence electrons. The minimum atomic E-state index is -2.50. The molecule has 9 aliphatic rings. The van der Waals surface area contributed by atoms with Crippen molar-refractivity contribution >= 4 is 5.91 Å². The Hall–Kier alpha value is -2.65. The molecule has 0 aliphatic carbocycles. The van der Waals surface area contributed by atoms with E-state index < -0.39 is 330 Å². The Kier molecular flexibility index (Phi) is 28.8. The molecule has 42 atom stereocenters. The maximum Gasteiger partial charge on any atom is 0.222 e. The Morgan fingerprint density at radius 2 is 0.640 bits per heavy atom. The second-order valence-electron chi connectivity index (χ2n) is 25.3. The van der Waals surface area contributed by atoms with Crippen molar-refractivity contribution in [3.63, 3.8) is 0 Å². The Morgan fingerprint density at radius 1 is 0.340 bits per heavy atom. The molecule has 9 fully saturated rings. The van der Waals surface area contributed by atoms with Crippen LogP contribution >= 0.6 is 0 Å². The number of terminal acetylenes is 1. The molecule has 100 heavy (non-hydrogen) atoms. The first-order valence-corrected chi connectivity index (χ1v) is 31.8. The molecular weight excluding hydrogens is 1370 g/mol. The van der Waals surface area contributed by atoms with E-state index in [1.54, 1.807) is 0 Å². The number of rotatable bonds is 24. The molecule has 9 rings (SSSR count). The van der Waals surface area contributed by atoms with E-state index in [-0.39, 0.29) is 0 Å². The molecule has 0 radical (unpaired) electrons. The molecule has 25 N–H and O–H groups in total. The predicted molar refractivity (Wildman–Crippen MR) is 303 cm³/mol. The van der Waals surface area contributed by atoms with Gasteiger partial charge in [-0.2, -0.15) is 0 Å². The van der Waals surface area contributed by atoms with E-state index in [2.05, 4.69) is 5.92 Å². The van der Waals surface area contributed by atoms with Crippen LogP contribution in [0.3, 0.4) is 0 Å². The fourth-order valence-corrected chi connectivity index (χ4v) is 12.5. The summed E-state index contributed by atoms with van der Waals surface area (Å²) in [6.07, 6.45) is -79.4. The van der Waals surface area contributed by atoms with Gasteiger partial charge in [-0.25, -0.2) is 0 Å². The molecule has 9 heterocycles. The van der Waals surface area contributed by atoms with Crippen molar-refractivity contribution in [2.45, 2.75) is 265 Å². The number of aliphatic hydroxyl groups is 25. The first-order valence-electron chi connectivity index (χ1n) is 31.8. The quantitative estimate of drug-likeness (QED) is 0.0399. The number of hydrogen-bond acceptors (Lipinski definition) is 43. The van der Waals surface area contributed by atoms with Crippen molar-refractivity contribution in [3.05, 3.63) is 0 Å². The zero-order valence-corrected chi connectivity index (χ0v) is 52.9. The lowest BCUT2D eigenvalue weighted by Gasteiger charge is -2.50. The Bertz CT molecular complexity index is 2570. The molecule has 0 aromatic carbocycles. The van der Waals surface area contributed by atoms with Crippen LogP contribution in [0.25, 0.3) is 0 Å². The molecule has 0 aromatic heterocycles. The van der Waals surface area contributed by atoms with Crippen molar-refractivity contribution in [2.75, 3.05) is 66.0 Å². The Balaban J connectivity index is 1.02. The smallest absolute Gasteiger partial charge is 0.222 e. The summed E-state index contributed by atoms with van der Waals surface area (Å²) < 4.78 is 98.3. The molecule has 0 bridgehead atoms. The summed E-state index contributed by atoms with van der Waals surface area (Å²) in [7, 11) is 0. The van der Waals surface area contributed by atoms with Crippen LogP contribution in [0.15, 0.2) is 0 Å². The van der Waals surface area contributed by atoms with Crippen LogP contribution in [0.2, 0.25) is 0 Å². The maximum absolute atomic E-state index is 12.6. The van der Waals surface area contributed by atoms with E-state index in [0.717, 1.165) is 11.8 Å². The zero-order valence-electron chi connectivity index (χ0n) is 52.9. The first kappa shape index (κ1) is 81.4. The predicted octanol–water partition coefficient (Wildman–Crippen LogP) is -18.2. The standard InChI is InChI=1S/C56H91NO43/c1-3-4-57(14(2)61)48-36(77)33(74)43(20(7-60)90-48)96-53-41(82)34(75)45(23(94-53)13-89-56-47(26(67)17(64)10-86-56)100-51-39(80)31(72)28(69)19(6-59)92-51)98-54-42(83)35(76)44(97-52-40(81)32(73)29(70)21(93-52)11-87-49-37(78)24(65)15(62)8-84-49)22(95-54)12-88-55-46(25(66)16(63)9-85-55)99-50-38(79)30(71)27(68)18(5-58)91-50/h1,15-56,58-60,62-83H,4-13H2,2H3/t15-,16+,17-,18?,19?,20+,21?,22+,23?,24+,25?,26+,27+,28+,29-,30+,31+,32+,33?,34-,35?,36?,37?,38?,39+,40?,41?,42?,43-,44-,45-,46?,47?,48-,49-,50+,51?,52+,53+,54+,55+,56-/m1/s1. The summed E-state index contributed by atoms with van der Waals surface area (Å²) in [5.41, 5.74) is 0. The number of nitrogens with zero attached hydrogens (tertiary/aromatic N) is 1. The van der Waals surface area contributed by atoms with Gasteiger partial charge in [0.1, 0.15) is 201 Å². The molecule has 0 aromatic rings. The lowest BCUT2D eigenvalue weighted by atomic mass is 9.95. The van der Waals surface area contributed by atoms with E-state index in [0.29, 0.717) is 0 Å². The summed E-state index contributed by atoms with van der Waals surface area (Å²) in [6.45, 7) is -7.37. The SMILES string of the molecule is C#CCN(C(C)=O)[C@@H]1O[C@@H](CO)[C@@H](O[C@@H]2OC(CO[C@H]3OC[C@@H](O)[C@H](O)C3OC3OC(CO)[C@H](O)[C@H](O)[C@@H]3O)[C@@H](O[C@@H]3O[C@@H](CO[C@@H]4OC[C@H](O)C(O)C4O[C@@H]4OC(CO)[C@H](O)[C@H](O)C4O)[C@@H](O[C@@H]4OC(CO[C@H]5OC[C@@H](O)[C@H](O)C5O)[C@@H](O)[C@H](O)C4O)C(O)C3O)[C@H](O)C2O)C(O)C1O. The summed E-state index contributed by atoms with van der Waals surface area (Å²) in [6, 6.07) is 0. The minimum Gasteiger partial charge on any atom is -0.394 e. The first-order chi connectivity index (χ1) is 47.4. The van der Waals surface area contributed by atoms with Gasteiger partial charge in [0, 0.05) is 6.92 Å². The number of amides is 1. The van der Waals surface area contributed by atoms with Gasteiger partial charge in [-0.15, -0.1) is 6.42 Å². The van der Waals surface area contributed by atoms with Crippen LogP contribution in [0, 0.1) is 12.3 Å². The second kappa shape index (κ2) is 35.4. The molecule has 9 saturated heterocycles. The van der Waals surface area contributed by atoms with Crippen LogP contribution in [0.1, 0.15) is 6.92 Å². The molecule has 1 amide bonds. The van der Waals surface area contributed by atoms with E-state index >= 15 is 0 Å². The van der Waals surface area contributed by atoms with Gasteiger partial charge in [-0.3, -0.25) is 4.79 Å². The number of hydrogen-bond donors (Lipinski definition) is 25. The molecule has 16 unspecified atom stereocenters. The number of ether oxygens (including phenoxy) is 17. The fourth-order valence-electron chi connectivity index (χ4n) is 12.5. The van der Waals surface area contributed by atoms with Gasteiger partial charge in [-0.1, -0.05) is 5.92 Å². The Morgan fingerprint density at radius 3 is 1.03 bits per heavy atom. The molecule has 0 spiro atoms. The van der Waals surface area contributed by atoms with Gasteiger partial charge < -0.3 is 213 Å². The fraction of sp³-hybridized carbons (Fsp3) is 0.946. The van der Waals surface area contributed by atoms with Crippen LogP contribution < -0.4 is 0 Å². The average Bonchev–Trinajstić information content (AvgIpc) is 0.781. The van der Waals surface area contributed by atoms with Gasteiger partial charge in [0.15, 0.2) is 56.5 Å². The Labute approximate surface area is 565 Å². The normalized spacial score (nSPS) is 51.2. The summed E-state index contributed by atoms with van der Waals surface area (Å²) in [4.78, 5) is 13.4. The number of carbonyl (C=O) groups excluding carboxylic acids is 1. The van der Waals surface area contributed by atoms with Crippen molar-refractivity contribution in [3.8, 4) is 12.3 Å². The second-order valence-corrected chi connectivity index (χ2v) is 25.3. The van der Waals surface area contributed by atoms with Crippen molar-refractivity contribution in [1.82, 2.24) is 4.90 Å². The van der Waals surface area contributed by atoms with Crippen molar-refractivity contribution < 1.29 is 213 Å². The van der Waals surface area contributed by atoms with Gasteiger partial charge in [0.2, 0.25) is 5.91 Å². The van der Waals surface area contributed by atoms with Crippen molar-refractivity contribution in [2.24, 2.45) is 0 Å². The van der Waals surface area contributed by atoms with Crippen LogP contribution in [0.5, 0.6) is 0 Å². The van der Waals surface area contributed by atoms with Crippen LogP contribution in [-0.2, 0) is 85.3 Å². The summed E-state index contributed by atoms with van der Waals surface area (Å²) >= 11 is 0. The molecule has 9 aliphatic heterocycles. The highest BCUT2D eigenvalue weighted by Crippen LogP contribution is 2.38. The lowest BCUT2D eigenvalue weighted by Crippen LogP contribution is -2.68. The average molecular weight is 1470 g/mol. The van der Waals surface area contributed by atoms with Crippen LogP contribution in [-0.4, -0.2) is 462 Å². The minimum absolute atomic E-state index is 0.469. The van der Waals surface area contributed by atoms with E-state index in [9.17, 15) is 132 Å². The molecular formula is C56H91NO43. The largest absolute Gasteiger partial charge is 0.394 e. The molecule has 44 heteroatoms. The molecule has 44 nitrogen and oxygen atoms in total. The number of aliphatic hydroxyl groups excluding tert-OH is 25. The third kappa shape index (κ3) is 17.5. The summed E-state index contributed by atoms with van der Waals surface area (Å²) in [5, 5.41) is 273. The monoisotopic (exact) mass is 1470 g/mol. The van der Waals surface area contributed by atoms with Gasteiger partial charge in [0.25, 0.3) is 0 Å². The highest BCUT2D eigenvalue weighted by molar-refractivity contribution is 5.73. The van der Waals surface area contributed by atoms with Gasteiger partial charge in [0.05, 0.1) is 66.0 Å². The maximum atomic E-state index is 12.6. The summed E-state index contributed by atoms with van der Waals surface area (Å²) in [5.74, 6) is 1.44. The third-order valence-electron chi connectivity index (χ3n) is 18.5. The topological polar surface area (TPSA) is 683 Å². The van der Waals surface area contributed by atoms with E-state index in [1.165, 1.54) is 0 Å². The zero-order chi connectivity index (χ0) is 73.2.